The highest BCUT2D eigenvalue weighted by molar-refractivity contribution is 7.92. The molecule has 1 aliphatic heterocycles. The molecular formula is C16H18N2O2S. The van der Waals surface area contributed by atoms with E-state index in [4.69, 9.17) is 5.73 Å². The summed E-state index contributed by atoms with van der Waals surface area (Å²) in [4.78, 5) is 0.315. The monoisotopic (exact) mass is 302 g/mol. The zero-order valence-corrected chi connectivity index (χ0v) is 12.9. The second-order valence-corrected chi connectivity index (χ2v) is 7.37. The second-order valence-electron chi connectivity index (χ2n) is 5.56. The highest BCUT2D eigenvalue weighted by Crippen LogP contribution is 2.37. The summed E-state index contributed by atoms with van der Waals surface area (Å²) in [5.74, 6) is 0. The summed E-state index contributed by atoms with van der Waals surface area (Å²) in [6.07, 6.45) is 0.709. The van der Waals surface area contributed by atoms with E-state index in [0.717, 1.165) is 11.1 Å². The quantitative estimate of drug-likeness (QED) is 0.868. The fourth-order valence-corrected chi connectivity index (χ4v) is 4.47. The largest absolute Gasteiger partial charge is 0.399 e. The molecule has 0 saturated carbocycles. The summed E-state index contributed by atoms with van der Waals surface area (Å²) in [6.45, 7) is 3.85. The van der Waals surface area contributed by atoms with E-state index in [-0.39, 0.29) is 6.04 Å². The second kappa shape index (κ2) is 4.77. The van der Waals surface area contributed by atoms with Crippen LogP contribution in [0.3, 0.4) is 0 Å². The molecular weight excluding hydrogens is 284 g/mol. The lowest BCUT2D eigenvalue weighted by Gasteiger charge is -2.24. The van der Waals surface area contributed by atoms with E-state index in [1.807, 2.05) is 38.1 Å². The summed E-state index contributed by atoms with van der Waals surface area (Å²) in [6, 6.07) is 12.3. The van der Waals surface area contributed by atoms with Crippen molar-refractivity contribution < 1.29 is 8.42 Å². The molecule has 110 valence electrons. The third kappa shape index (κ3) is 2.27. The molecule has 0 saturated heterocycles. The van der Waals surface area contributed by atoms with Gasteiger partial charge in [-0.2, -0.15) is 0 Å². The lowest BCUT2D eigenvalue weighted by Crippen LogP contribution is -2.35. The molecule has 2 aromatic carbocycles. The van der Waals surface area contributed by atoms with Gasteiger partial charge in [-0.3, -0.25) is 4.31 Å². The molecule has 3 rings (SSSR count). The molecule has 21 heavy (non-hydrogen) atoms. The minimum absolute atomic E-state index is 0.104. The molecule has 1 heterocycles. The van der Waals surface area contributed by atoms with E-state index in [9.17, 15) is 8.42 Å². The number of hydrogen-bond acceptors (Lipinski definition) is 3. The first-order valence-electron chi connectivity index (χ1n) is 6.89. The fourth-order valence-electron chi connectivity index (χ4n) is 2.79. The molecule has 4 nitrogen and oxygen atoms in total. The number of sulfonamides is 1. The van der Waals surface area contributed by atoms with E-state index in [1.165, 1.54) is 4.31 Å². The van der Waals surface area contributed by atoms with Crippen LogP contribution in [-0.2, 0) is 16.4 Å². The average molecular weight is 302 g/mol. The van der Waals surface area contributed by atoms with Crippen molar-refractivity contribution in [3.63, 3.8) is 0 Å². The zero-order chi connectivity index (χ0) is 15.2. The number of nitrogen functional groups attached to an aromatic ring is 1. The van der Waals surface area contributed by atoms with Gasteiger partial charge in [-0.15, -0.1) is 0 Å². The Morgan fingerprint density at radius 2 is 1.81 bits per heavy atom. The number of rotatable bonds is 2. The maximum Gasteiger partial charge on any atom is 0.264 e. The maximum atomic E-state index is 12.9. The van der Waals surface area contributed by atoms with Crippen LogP contribution in [0.1, 0.15) is 18.1 Å². The smallest absolute Gasteiger partial charge is 0.264 e. The molecule has 0 radical (unpaired) electrons. The normalized spacial score (nSPS) is 17.8. The summed E-state index contributed by atoms with van der Waals surface area (Å²) in [7, 11) is -3.56. The molecule has 0 aliphatic carbocycles. The van der Waals surface area contributed by atoms with Crippen LogP contribution in [0, 0.1) is 6.92 Å². The van der Waals surface area contributed by atoms with Crippen molar-refractivity contribution in [3.05, 3.63) is 53.6 Å². The maximum absolute atomic E-state index is 12.9. The van der Waals surface area contributed by atoms with Crippen LogP contribution >= 0.6 is 0 Å². The SMILES string of the molecule is Cc1ccc(S(=O)(=O)N2c3cc(N)ccc3CC2C)cc1. The van der Waals surface area contributed by atoms with Crippen molar-refractivity contribution in [1.29, 1.82) is 0 Å². The third-order valence-electron chi connectivity index (χ3n) is 3.84. The number of nitrogens with two attached hydrogens (primary N) is 1. The fraction of sp³-hybridized carbons (Fsp3) is 0.250. The average Bonchev–Trinajstić information content (AvgIpc) is 2.75. The predicted molar refractivity (Wildman–Crippen MR) is 84.9 cm³/mol. The zero-order valence-electron chi connectivity index (χ0n) is 12.1. The van der Waals surface area contributed by atoms with Gasteiger partial charge in [0, 0.05) is 11.7 Å². The number of anilines is 2. The van der Waals surface area contributed by atoms with Gasteiger partial charge in [-0.1, -0.05) is 23.8 Å². The lowest BCUT2D eigenvalue weighted by molar-refractivity contribution is 0.584. The molecule has 0 spiro atoms. The predicted octanol–water partition coefficient (Wildman–Crippen LogP) is 2.72. The Balaban J connectivity index is 2.12. The molecule has 2 aromatic rings. The van der Waals surface area contributed by atoms with E-state index < -0.39 is 10.0 Å². The van der Waals surface area contributed by atoms with Gasteiger partial charge in [0.05, 0.1) is 10.6 Å². The van der Waals surface area contributed by atoms with Crippen molar-refractivity contribution >= 4 is 21.4 Å². The molecule has 0 aromatic heterocycles. The van der Waals surface area contributed by atoms with Crippen molar-refractivity contribution in [2.75, 3.05) is 10.0 Å². The molecule has 0 bridgehead atoms. The van der Waals surface area contributed by atoms with Crippen LogP contribution in [0.15, 0.2) is 47.4 Å². The van der Waals surface area contributed by atoms with Crippen molar-refractivity contribution in [1.82, 2.24) is 0 Å². The summed E-state index contributed by atoms with van der Waals surface area (Å²) in [5, 5.41) is 0. The van der Waals surface area contributed by atoms with E-state index in [1.54, 1.807) is 18.2 Å². The van der Waals surface area contributed by atoms with Crippen LogP contribution in [0.2, 0.25) is 0 Å². The first-order chi connectivity index (χ1) is 9.89. The Hall–Kier alpha value is -2.01. The number of nitrogens with zero attached hydrogens (tertiary/aromatic N) is 1. The molecule has 0 fully saturated rings. The Kier molecular flexibility index (Phi) is 3.17. The highest BCUT2D eigenvalue weighted by atomic mass is 32.2. The van der Waals surface area contributed by atoms with Crippen molar-refractivity contribution in [2.24, 2.45) is 0 Å². The summed E-state index contributed by atoms with van der Waals surface area (Å²) >= 11 is 0. The van der Waals surface area contributed by atoms with Gasteiger partial charge < -0.3 is 5.73 Å². The first kappa shape index (κ1) is 13.9. The molecule has 1 unspecified atom stereocenters. The van der Waals surface area contributed by atoms with E-state index in [2.05, 4.69) is 0 Å². The number of hydrogen-bond donors (Lipinski definition) is 1. The number of benzene rings is 2. The van der Waals surface area contributed by atoms with Crippen LogP contribution in [-0.4, -0.2) is 14.5 Å². The Morgan fingerprint density at radius 1 is 1.14 bits per heavy atom. The van der Waals surface area contributed by atoms with E-state index in [0.29, 0.717) is 22.7 Å². The van der Waals surface area contributed by atoms with Crippen LogP contribution in [0.4, 0.5) is 11.4 Å². The van der Waals surface area contributed by atoms with Gasteiger partial charge in [0.25, 0.3) is 10.0 Å². The van der Waals surface area contributed by atoms with Gasteiger partial charge in [0.15, 0.2) is 0 Å². The topological polar surface area (TPSA) is 63.4 Å². The summed E-state index contributed by atoms with van der Waals surface area (Å²) < 4.78 is 27.3. The third-order valence-corrected chi connectivity index (χ3v) is 5.78. The molecule has 5 heteroatoms. The van der Waals surface area contributed by atoms with Gasteiger partial charge in [-0.05, 0) is 50.1 Å². The van der Waals surface area contributed by atoms with Crippen molar-refractivity contribution in [3.8, 4) is 0 Å². The molecule has 1 atom stereocenters. The first-order valence-corrected chi connectivity index (χ1v) is 8.33. The highest BCUT2D eigenvalue weighted by Gasteiger charge is 2.36. The molecule has 1 aliphatic rings. The van der Waals surface area contributed by atoms with Gasteiger partial charge in [0.1, 0.15) is 0 Å². The Bertz CT molecular complexity index is 782. The van der Waals surface area contributed by atoms with Crippen LogP contribution < -0.4 is 10.0 Å². The number of fused-ring (bicyclic) bond motifs is 1. The lowest BCUT2D eigenvalue weighted by atomic mass is 10.1. The number of aryl methyl sites for hydroxylation is 1. The van der Waals surface area contributed by atoms with Gasteiger partial charge in [-0.25, -0.2) is 8.42 Å². The minimum atomic E-state index is -3.56. The van der Waals surface area contributed by atoms with E-state index >= 15 is 0 Å². The Morgan fingerprint density at radius 3 is 2.48 bits per heavy atom. The van der Waals surface area contributed by atoms with Gasteiger partial charge >= 0.3 is 0 Å². The Labute approximate surface area is 125 Å². The van der Waals surface area contributed by atoms with Crippen LogP contribution in [0.5, 0.6) is 0 Å². The van der Waals surface area contributed by atoms with Crippen molar-refractivity contribution in [2.45, 2.75) is 31.2 Å². The molecule has 2 N–H and O–H groups in total. The van der Waals surface area contributed by atoms with Gasteiger partial charge in [0.2, 0.25) is 0 Å². The minimum Gasteiger partial charge on any atom is -0.399 e. The standard InChI is InChI=1S/C16H18N2O2S/c1-11-3-7-15(8-4-11)21(19,20)18-12(2)9-13-5-6-14(17)10-16(13)18/h3-8,10,12H,9,17H2,1-2H3. The van der Waals surface area contributed by atoms with Crippen LogP contribution in [0.25, 0.3) is 0 Å². The molecule has 0 amide bonds. The summed E-state index contributed by atoms with van der Waals surface area (Å²) in [5.41, 5.74) is 9.15.